The molecule has 0 radical (unpaired) electrons. The lowest BCUT2D eigenvalue weighted by Gasteiger charge is -2.25. The van der Waals surface area contributed by atoms with Crippen molar-refractivity contribution in [3.05, 3.63) is 35.0 Å². The number of nitrogens with one attached hydrogen (secondary N) is 1. The Morgan fingerprint density at radius 3 is 2.53 bits per heavy atom. The normalized spacial score (nSPS) is 17.1. The average molecular weight is 477 g/mol. The van der Waals surface area contributed by atoms with Crippen LogP contribution in [0, 0.1) is 0 Å². The van der Waals surface area contributed by atoms with Crippen LogP contribution in [0.5, 0.6) is 0 Å². The van der Waals surface area contributed by atoms with Crippen LogP contribution in [0.25, 0.3) is 16.8 Å². The van der Waals surface area contributed by atoms with Crippen LogP contribution in [0.4, 0.5) is 4.79 Å². The zero-order valence-corrected chi connectivity index (χ0v) is 18.9. The van der Waals surface area contributed by atoms with Gasteiger partial charge in [-0.3, -0.25) is 14.8 Å². The highest BCUT2D eigenvalue weighted by atomic mass is 79.9. The highest BCUT2D eigenvalue weighted by Crippen LogP contribution is 2.31. The number of urea groups is 1. The van der Waals surface area contributed by atoms with Crippen molar-refractivity contribution in [1.29, 1.82) is 0 Å². The molecule has 1 aliphatic rings. The number of fused-ring (bicyclic) bond motifs is 1. The summed E-state index contributed by atoms with van der Waals surface area (Å²) in [5.41, 5.74) is 7.88. The Balaban J connectivity index is 0.00000124. The fourth-order valence-electron chi connectivity index (χ4n) is 3.44. The number of aryl methyl sites for hydroxylation is 1. The second-order valence-corrected chi connectivity index (χ2v) is 7.79. The number of hydrogen-bond acceptors (Lipinski definition) is 6. The molecule has 3 aromatic heterocycles. The fourth-order valence-corrected chi connectivity index (χ4v) is 4.05. The lowest BCUT2D eigenvalue weighted by atomic mass is 10.0. The maximum absolute atomic E-state index is 12.1. The molecule has 1 saturated heterocycles. The Labute approximate surface area is 182 Å². The Kier molecular flexibility index (Phi) is 6.52. The van der Waals surface area contributed by atoms with Crippen LogP contribution in [0.1, 0.15) is 31.9 Å². The maximum atomic E-state index is 12.1. The minimum atomic E-state index is -0.482. The van der Waals surface area contributed by atoms with Crippen molar-refractivity contribution < 1.29 is 9.59 Å². The van der Waals surface area contributed by atoms with Gasteiger partial charge in [-0.05, 0) is 36.3 Å². The van der Waals surface area contributed by atoms with E-state index in [4.69, 9.17) is 4.98 Å². The van der Waals surface area contributed by atoms with Gasteiger partial charge in [0, 0.05) is 43.0 Å². The van der Waals surface area contributed by atoms with Gasteiger partial charge in [-0.2, -0.15) is 10.2 Å². The molecule has 1 aliphatic heterocycles. The van der Waals surface area contributed by atoms with Crippen molar-refractivity contribution in [3.8, 4) is 11.1 Å². The molecule has 11 heteroatoms. The van der Waals surface area contributed by atoms with Crippen LogP contribution < -0.4 is 11.1 Å². The van der Waals surface area contributed by atoms with Gasteiger partial charge in [-0.25, -0.2) is 14.3 Å². The monoisotopic (exact) mass is 476 g/mol. The summed E-state index contributed by atoms with van der Waals surface area (Å²) in [5, 5.41) is 11.0. The summed E-state index contributed by atoms with van der Waals surface area (Å²) >= 11 is 3.59. The zero-order valence-electron chi connectivity index (χ0n) is 17.3. The molecule has 0 spiro atoms. The maximum Gasteiger partial charge on any atom is 0.324 e. The Morgan fingerprint density at radius 2 is 1.97 bits per heavy atom. The molecule has 2 unspecified atom stereocenters. The zero-order chi connectivity index (χ0) is 22.0. The average Bonchev–Trinajstić information content (AvgIpc) is 3.40. The van der Waals surface area contributed by atoms with Crippen LogP contribution >= 0.6 is 15.9 Å². The number of carbonyl (C=O) groups is 2. The molecule has 1 fully saturated rings. The van der Waals surface area contributed by atoms with Gasteiger partial charge in [0.1, 0.15) is 6.04 Å². The third-order valence-electron chi connectivity index (χ3n) is 5.13. The van der Waals surface area contributed by atoms with E-state index in [9.17, 15) is 9.59 Å². The lowest BCUT2D eigenvalue weighted by Crippen LogP contribution is -2.36. The van der Waals surface area contributed by atoms with Crippen LogP contribution in [0.15, 0.2) is 29.3 Å². The topological polar surface area (TPSA) is 123 Å². The Bertz CT molecular complexity index is 1080. The first-order valence-electron chi connectivity index (χ1n) is 9.61. The number of imide groups is 1. The number of amides is 3. The molecule has 0 aliphatic carbocycles. The van der Waals surface area contributed by atoms with E-state index in [1.165, 1.54) is 7.05 Å². The van der Waals surface area contributed by atoms with E-state index in [0.29, 0.717) is 6.54 Å². The van der Waals surface area contributed by atoms with Crippen molar-refractivity contribution in [3.63, 3.8) is 0 Å². The molecular formula is C19H25BrN8O2. The number of halogens is 1. The van der Waals surface area contributed by atoms with Crippen molar-refractivity contribution in [2.75, 3.05) is 13.6 Å². The number of hydrogen-bond donors (Lipinski definition) is 2. The van der Waals surface area contributed by atoms with Gasteiger partial charge < -0.3 is 10.6 Å². The van der Waals surface area contributed by atoms with Gasteiger partial charge >= 0.3 is 6.03 Å². The summed E-state index contributed by atoms with van der Waals surface area (Å²) in [6.07, 6.45) is 8.10. The van der Waals surface area contributed by atoms with Crippen molar-refractivity contribution in [2.24, 2.45) is 12.8 Å². The van der Waals surface area contributed by atoms with E-state index in [-0.39, 0.29) is 17.9 Å². The number of nitrogens with zero attached hydrogens (tertiary/aromatic N) is 6. The van der Waals surface area contributed by atoms with Gasteiger partial charge in [0.05, 0.1) is 22.6 Å². The molecule has 0 saturated carbocycles. The minimum absolute atomic E-state index is 0.0323. The van der Waals surface area contributed by atoms with E-state index < -0.39 is 6.04 Å². The first-order valence-corrected chi connectivity index (χ1v) is 10.4. The lowest BCUT2D eigenvalue weighted by molar-refractivity contribution is -0.121. The minimum Gasteiger partial charge on any atom is -0.333 e. The van der Waals surface area contributed by atoms with Crippen molar-refractivity contribution in [2.45, 2.75) is 32.2 Å². The Hall–Kier alpha value is -2.79. The van der Waals surface area contributed by atoms with Crippen LogP contribution in [-0.2, 0) is 11.8 Å². The summed E-state index contributed by atoms with van der Waals surface area (Å²) in [5.74, 6) is -0.299. The molecule has 3 amide bonds. The molecule has 10 nitrogen and oxygen atoms in total. The first kappa shape index (κ1) is 21.9. The molecular weight excluding hydrogens is 452 g/mol. The number of nitrogens with two attached hydrogens (primary N) is 1. The van der Waals surface area contributed by atoms with Crippen LogP contribution in [0.2, 0.25) is 0 Å². The molecule has 30 heavy (non-hydrogen) atoms. The smallest absolute Gasteiger partial charge is 0.324 e. The standard InChI is InChI=1S/C18H20BrN7O2.CH5N/c1-4-11(8-25-10(2)17(27)23-18(25)28)15-14(19)9-26-16(22-15)13(6-21-26)12-5-20-24(3)7-12;1-2/h5-7,9-11H,4,8H2,1-3H3,(H,23,27,28);2H2,1H3. The fraction of sp³-hybridized carbons (Fsp3) is 0.421. The van der Waals surface area contributed by atoms with E-state index in [2.05, 4.69) is 37.2 Å². The first-order chi connectivity index (χ1) is 14.4. The summed E-state index contributed by atoms with van der Waals surface area (Å²) in [6, 6.07) is -0.835. The highest BCUT2D eigenvalue weighted by Gasteiger charge is 2.36. The van der Waals surface area contributed by atoms with E-state index in [1.807, 2.05) is 26.4 Å². The molecule has 0 bridgehead atoms. The van der Waals surface area contributed by atoms with Gasteiger partial charge in [-0.15, -0.1) is 0 Å². The van der Waals surface area contributed by atoms with E-state index >= 15 is 0 Å². The molecule has 160 valence electrons. The van der Waals surface area contributed by atoms with Crippen LogP contribution in [-0.4, -0.2) is 60.9 Å². The predicted octanol–water partition coefficient (Wildman–Crippen LogP) is 1.90. The SMILES string of the molecule is CCC(CN1C(=O)NC(=O)C1C)c1nc2c(-c3cnn(C)c3)cnn2cc1Br.CN. The predicted molar refractivity (Wildman–Crippen MR) is 116 cm³/mol. The van der Waals surface area contributed by atoms with E-state index in [1.54, 1.807) is 33.4 Å². The van der Waals surface area contributed by atoms with E-state index in [0.717, 1.165) is 33.4 Å². The summed E-state index contributed by atoms with van der Waals surface area (Å²) in [6.45, 7) is 4.19. The molecule has 0 aromatic carbocycles. The quantitative estimate of drug-likeness (QED) is 0.541. The van der Waals surface area contributed by atoms with Crippen molar-refractivity contribution in [1.82, 2.24) is 34.6 Å². The molecule has 3 N–H and O–H groups in total. The third-order valence-corrected chi connectivity index (χ3v) is 5.74. The van der Waals surface area contributed by atoms with Gasteiger partial charge in [0.25, 0.3) is 5.91 Å². The molecule has 4 rings (SSSR count). The largest absolute Gasteiger partial charge is 0.333 e. The third kappa shape index (κ3) is 3.94. The van der Waals surface area contributed by atoms with Gasteiger partial charge in [-0.1, -0.05) is 6.92 Å². The van der Waals surface area contributed by atoms with Crippen molar-refractivity contribution >= 4 is 33.5 Å². The summed E-state index contributed by atoms with van der Waals surface area (Å²) in [7, 11) is 3.36. The highest BCUT2D eigenvalue weighted by molar-refractivity contribution is 9.10. The second-order valence-electron chi connectivity index (χ2n) is 6.93. The molecule has 2 atom stereocenters. The summed E-state index contributed by atoms with van der Waals surface area (Å²) < 4.78 is 4.26. The number of aromatic nitrogens is 5. The molecule has 3 aromatic rings. The Morgan fingerprint density at radius 1 is 1.23 bits per heavy atom. The van der Waals surface area contributed by atoms with Gasteiger partial charge in [0.2, 0.25) is 0 Å². The summed E-state index contributed by atoms with van der Waals surface area (Å²) in [4.78, 5) is 30.3. The number of rotatable bonds is 5. The number of carbonyl (C=O) groups excluding carboxylic acids is 2. The van der Waals surface area contributed by atoms with Crippen LogP contribution in [0.3, 0.4) is 0 Å². The van der Waals surface area contributed by atoms with Gasteiger partial charge in [0.15, 0.2) is 5.65 Å². The second kappa shape index (κ2) is 8.92. The molecule has 4 heterocycles.